The zero-order chi connectivity index (χ0) is 23.8. The van der Waals surface area contributed by atoms with Gasteiger partial charge in [0.1, 0.15) is 0 Å². The van der Waals surface area contributed by atoms with Gasteiger partial charge in [0.05, 0.1) is 12.2 Å². The van der Waals surface area contributed by atoms with Crippen molar-refractivity contribution in [3.63, 3.8) is 0 Å². The van der Waals surface area contributed by atoms with Crippen LogP contribution >= 0.6 is 0 Å². The van der Waals surface area contributed by atoms with Crippen LogP contribution in [-0.2, 0) is 0 Å². The molecule has 0 saturated heterocycles. The largest absolute Gasteiger partial charge is 0.490 e. The topological polar surface area (TPSA) is 9.23 Å². The molecule has 3 rings (SSSR count). The maximum Gasteiger partial charge on any atom is 0.200 e. The molecule has 1 saturated carbocycles. The number of unbranched alkanes of at least 4 members (excludes halogenated alkanes) is 4. The molecule has 0 radical (unpaired) electrons. The fraction of sp³-hybridized carbons (Fsp3) is 0.500. The van der Waals surface area contributed by atoms with Crippen molar-refractivity contribution in [2.75, 3.05) is 6.61 Å². The number of hydrogen-bond acceptors (Lipinski definition) is 1. The zero-order valence-electron chi connectivity index (χ0n) is 19.5. The van der Waals surface area contributed by atoms with Gasteiger partial charge in [0.15, 0.2) is 23.2 Å². The van der Waals surface area contributed by atoms with Crippen molar-refractivity contribution in [2.45, 2.75) is 77.6 Å². The van der Waals surface area contributed by atoms with E-state index in [-0.39, 0.29) is 28.7 Å². The van der Waals surface area contributed by atoms with E-state index in [0.717, 1.165) is 25.7 Å². The van der Waals surface area contributed by atoms with E-state index in [4.69, 9.17) is 4.74 Å². The smallest absolute Gasteiger partial charge is 0.200 e. The number of hydrogen-bond donors (Lipinski definition) is 0. The number of rotatable bonds is 8. The average Bonchev–Trinajstić information content (AvgIpc) is 2.82. The minimum Gasteiger partial charge on any atom is -0.490 e. The molecule has 0 heterocycles. The summed E-state index contributed by atoms with van der Waals surface area (Å²) in [6.07, 6.45) is 8.03. The Morgan fingerprint density at radius 3 is 2.27 bits per heavy atom. The van der Waals surface area contributed by atoms with E-state index in [1.807, 2.05) is 0 Å². The van der Waals surface area contributed by atoms with Crippen LogP contribution in [0.1, 0.15) is 87.3 Å². The van der Waals surface area contributed by atoms with E-state index in [0.29, 0.717) is 37.9 Å². The molecular weight excluding hydrogens is 428 g/mol. The number of aryl methyl sites for hydroxylation is 1. The number of ether oxygens (including phenoxy) is 1. The molecule has 2 aromatic rings. The summed E-state index contributed by atoms with van der Waals surface area (Å²) < 4.78 is 62.5. The average molecular weight is 461 g/mol. The normalized spacial score (nSPS) is 18.0. The van der Waals surface area contributed by atoms with Gasteiger partial charge in [0.2, 0.25) is 5.82 Å². The predicted molar refractivity (Wildman–Crippen MR) is 123 cm³/mol. The first-order valence-electron chi connectivity index (χ1n) is 12.0. The summed E-state index contributed by atoms with van der Waals surface area (Å²) in [6.45, 7) is 4.03. The molecule has 0 spiro atoms. The molecule has 178 valence electrons. The molecule has 0 bridgehead atoms. The second-order valence-corrected chi connectivity index (χ2v) is 8.92. The molecule has 1 aliphatic carbocycles. The van der Waals surface area contributed by atoms with E-state index in [9.17, 15) is 17.6 Å². The highest BCUT2D eigenvalue weighted by atomic mass is 19.2. The van der Waals surface area contributed by atoms with Crippen molar-refractivity contribution in [2.24, 2.45) is 5.92 Å². The monoisotopic (exact) mass is 460 g/mol. The van der Waals surface area contributed by atoms with Crippen LogP contribution in [-0.4, -0.2) is 6.61 Å². The van der Waals surface area contributed by atoms with Crippen LogP contribution in [0.15, 0.2) is 24.3 Å². The van der Waals surface area contributed by atoms with Gasteiger partial charge in [0.25, 0.3) is 0 Å². The molecule has 0 aromatic heterocycles. The molecule has 5 heteroatoms. The lowest BCUT2D eigenvalue weighted by atomic mass is 9.78. The third-order valence-electron chi connectivity index (χ3n) is 6.44. The van der Waals surface area contributed by atoms with E-state index in [1.54, 1.807) is 6.07 Å². The summed E-state index contributed by atoms with van der Waals surface area (Å²) in [4.78, 5) is 0. The van der Waals surface area contributed by atoms with Crippen molar-refractivity contribution in [1.82, 2.24) is 0 Å². The van der Waals surface area contributed by atoms with Gasteiger partial charge in [-0.3, -0.25) is 0 Å². The minimum atomic E-state index is -0.919. The van der Waals surface area contributed by atoms with Crippen LogP contribution in [0, 0.1) is 48.0 Å². The maximum absolute atomic E-state index is 14.7. The number of benzene rings is 2. The predicted octanol–water partition coefficient (Wildman–Crippen LogP) is 8.23. The van der Waals surface area contributed by atoms with Crippen LogP contribution < -0.4 is 4.74 Å². The molecule has 1 aliphatic rings. The van der Waals surface area contributed by atoms with Gasteiger partial charge in [0, 0.05) is 5.92 Å². The fourth-order valence-corrected chi connectivity index (χ4v) is 4.33. The molecule has 1 fully saturated rings. The second kappa shape index (κ2) is 12.1. The van der Waals surface area contributed by atoms with Crippen LogP contribution in [0.3, 0.4) is 0 Å². The Hall–Kier alpha value is -2.48. The first-order chi connectivity index (χ1) is 15.9. The van der Waals surface area contributed by atoms with Gasteiger partial charge in [-0.1, -0.05) is 56.6 Å². The highest BCUT2D eigenvalue weighted by molar-refractivity contribution is 5.39. The van der Waals surface area contributed by atoms with Crippen molar-refractivity contribution in [1.29, 1.82) is 0 Å². The molecule has 0 unspecified atom stereocenters. The van der Waals surface area contributed by atoms with E-state index in [1.165, 1.54) is 31.5 Å². The summed E-state index contributed by atoms with van der Waals surface area (Å²) in [5.41, 5.74) is 0.673. The molecule has 0 aliphatic heterocycles. The maximum atomic E-state index is 14.7. The van der Waals surface area contributed by atoms with Gasteiger partial charge in [-0.05, 0) is 68.2 Å². The fourth-order valence-electron chi connectivity index (χ4n) is 4.33. The van der Waals surface area contributed by atoms with Gasteiger partial charge in [-0.25, -0.2) is 13.2 Å². The molecule has 0 atom stereocenters. The lowest BCUT2D eigenvalue weighted by Crippen LogP contribution is -2.14. The van der Waals surface area contributed by atoms with Gasteiger partial charge < -0.3 is 4.74 Å². The zero-order valence-corrected chi connectivity index (χ0v) is 19.5. The summed E-state index contributed by atoms with van der Waals surface area (Å²) in [5, 5.41) is 0. The van der Waals surface area contributed by atoms with Gasteiger partial charge in [-0.15, -0.1) is 0 Å². The van der Waals surface area contributed by atoms with E-state index >= 15 is 0 Å². The van der Waals surface area contributed by atoms with Gasteiger partial charge >= 0.3 is 0 Å². The Labute approximate surface area is 194 Å². The summed E-state index contributed by atoms with van der Waals surface area (Å²) in [6, 6.07) is 6.15. The molecule has 1 nitrogen and oxygen atoms in total. The first-order valence-corrected chi connectivity index (χ1v) is 12.0. The van der Waals surface area contributed by atoms with E-state index in [2.05, 4.69) is 18.8 Å². The molecule has 33 heavy (non-hydrogen) atoms. The second-order valence-electron chi connectivity index (χ2n) is 8.92. The Morgan fingerprint density at radius 1 is 0.818 bits per heavy atom. The minimum absolute atomic E-state index is 0.0215. The van der Waals surface area contributed by atoms with Crippen LogP contribution in [0.5, 0.6) is 5.75 Å². The lowest BCUT2D eigenvalue weighted by molar-refractivity contribution is 0.283. The van der Waals surface area contributed by atoms with Crippen molar-refractivity contribution in [3.05, 3.63) is 64.2 Å². The van der Waals surface area contributed by atoms with Crippen molar-refractivity contribution < 1.29 is 22.3 Å². The Morgan fingerprint density at radius 2 is 1.55 bits per heavy atom. The van der Waals surface area contributed by atoms with Crippen LogP contribution in [0.25, 0.3) is 0 Å². The van der Waals surface area contributed by atoms with Crippen molar-refractivity contribution >= 4 is 0 Å². The Bertz CT molecular complexity index is 997. The van der Waals surface area contributed by atoms with E-state index < -0.39 is 23.3 Å². The van der Waals surface area contributed by atoms with Crippen LogP contribution in [0.2, 0.25) is 0 Å². The van der Waals surface area contributed by atoms with Crippen LogP contribution in [0.4, 0.5) is 17.6 Å². The molecule has 0 N–H and O–H groups in total. The summed E-state index contributed by atoms with van der Waals surface area (Å²) in [7, 11) is 0. The molecule has 2 aromatic carbocycles. The Kier molecular flexibility index (Phi) is 9.23. The quantitative estimate of drug-likeness (QED) is 0.219. The Balaban J connectivity index is 1.55. The van der Waals surface area contributed by atoms with Gasteiger partial charge in [-0.2, -0.15) is 4.39 Å². The number of halogens is 4. The highest BCUT2D eigenvalue weighted by Crippen LogP contribution is 2.38. The first kappa shape index (κ1) is 25.1. The standard InChI is InChI=1S/C28H32F4O/c1-3-4-5-6-7-18-33-24-17-16-23(27(31)28(24)32)21-13-9-20(10-14-21)11-15-22-12-8-19(2)25(29)26(22)30/h8,12,16-17,20-21H,3-7,9-10,13-14,18H2,1-2H3. The third-order valence-corrected chi connectivity index (χ3v) is 6.44. The molecular formula is C28H32F4O. The highest BCUT2D eigenvalue weighted by Gasteiger charge is 2.26. The summed E-state index contributed by atoms with van der Waals surface area (Å²) in [5.74, 6) is 2.15. The lowest BCUT2D eigenvalue weighted by Gasteiger charge is -2.26. The molecule has 0 amide bonds. The SMILES string of the molecule is CCCCCCCOc1ccc(C2CCC(C#Cc3ccc(C)c(F)c3F)CC2)c(F)c1F. The summed E-state index contributed by atoms with van der Waals surface area (Å²) >= 11 is 0. The third kappa shape index (κ3) is 6.53. The van der Waals surface area contributed by atoms with Crippen molar-refractivity contribution in [3.8, 4) is 17.6 Å².